The van der Waals surface area contributed by atoms with E-state index >= 15 is 0 Å². The van der Waals surface area contributed by atoms with Crippen molar-refractivity contribution in [2.24, 2.45) is 40.4 Å². The van der Waals surface area contributed by atoms with Crippen molar-refractivity contribution in [2.45, 2.75) is 247 Å². The largest absolute Gasteiger partial charge is 0.381 e. The van der Waals surface area contributed by atoms with E-state index in [0.29, 0.717) is 17.9 Å². The summed E-state index contributed by atoms with van der Waals surface area (Å²) in [7, 11) is 0. The van der Waals surface area contributed by atoms with Crippen LogP contribution in [-0.4, -0.2) is 65.6 Å². The highest BCUT2D eigenvalue weighted by Crippen LogP contribution is 2.57. The minimum atomic E-state index is 0.176. The van der Waals surface area contributed by atoms with E-state index in [4.69, 9.17) is 23.7 Å². The molecule has 0 aromatic rings. The first kappa shape index (κ1) is 57.6. The molecule has 375 valence electrons. The molecular formula is C59H109O5. The van der Waals surface area contributed by atoms with Gasteiger partial charge in [0.25, 0.3) is 0 Å². The van der Waals surface area contributed by atoms with Crippen LogP contribution < -0.4 is 0 Å². The van der Waals surface area contributed by atoms with Crippen LogP contribution in [0.15, 0.2) is 23.8 Å². The summed E-state index contributed by atoms with van der Waals surface area (Å²) in [5.41, 5.74) is 2.36. The van der Waals surface area contributed by atoms with Gasteiger partial charge in [0.2, 0.25) is 0 Å². The number of rotatable bonds is 38. The number of hydrogen-bond acceptors (Lipinski definition) is 5. The van der Waals surface area contributed by atoms with Crippen molar-refractivity contribution in [3.05, 3.63) is 30.2 Å². The lowest BCUT2D eigenvalue weighted by Crippen LogP contribution is -2.34. The number of ether oxygens (including phenoxy) is 5. The summed E-state index contributed by atoms with van der Waals surface area (Å²) in [6, 6.07) is 0. The van der Waals surface area contributed by atoms with Crippen LogP contribution in [0, 0.1) is 46.8 Å². The molecule has 3 aliphatic rings. The van der Waals surface area contributed by atoms with Gasteiger partial charge < -0.3 is 23.7 Å². The molecule has 3 rings (SSSR count). The van der Waals surface area contributed by atoms with Gasteiger partial charge in [-0.05, 0) is 163 Å². The molecule has 0 amide bonds. The van der Waals surface area contributed by atoms with E-state index in [1.54, 1.807) is 5.57 Å². The van der Waals surface area contributed by atoms with E-state index in [9.17, 15) is 0 Å². The van der Waals surface area contributed by atoms with Gasteiger partial charge in [0.05, 0.1) is 12.7 Å². The molecule has 0 bridgehead atoms. The lowest BCUT2D eigenvalue weighted by Gasteiger charge is -2.42. The maximum atomic E-state index is 6.42. The summed E-state index contributed by atoms with van der Waals surface area (Å²) >= 11 is 0. The number of hydrogen-bond donors (Lipinski definition) is 0. The van der Waals surface area contributed by atoms with E-state index in [1.807, 2.05) is 0 Å². The minimum absolute atomic E-state index is 0.176. The molecule has 1 saturated carbocycles. The van der Waals surface area contributed by atoms with Crippen molar-refractivity contribution in [1.29, 1.82) is 0 Å². The first-order valence-corrected chi connectivity index (χ1v) is 28.3. The Kier molecular flexibility index (Phi) is 32.7. The SMILES string of the molecule is CCCCCCCC/C=C\CCCCCCCCOCC(CC1CCOCC1)OCCCOCCCOCCC[C@]1(C)CCC[C@@]2(C)[C@H]([CH]C/C=C\1C)CC[C@@H]2[C@H](C)CCCC(C)C. The highest BCUT2D eigenvalue weighted by molar-refractivity contribution is 5.14. The van der Waals surface area contributed by atoms with Crippen molar-refractivity contribution >= 4 is 0 Å². The third-order valence-electron chi connectivity index (χ3n) is 16.3. The molecule has 5 heteroatoms. The quantitative estimate of drug-likeness (QED) is 0.0456. The average molecular weight is 899 g/mol. The molecule has 0 N–H and O–H groups in total. The second-order valence-corrected chi connectivity index (χ2v) is 22.2. The van der Waals surface area contributed by atoms with Gasteiger partial charge in [-0.25, -0.2) is 0 Å². The Morgan fingerprint density at radius 3 is 1.98 bits per heavy atom. The Morgan fingerprint density at radius 1 is 0.672 bits per heavy atom. The lowest BCUT2D eigenvalue weighted by atomic mass is 9.63. The van der Waals surface area contributed by atoms with Gasteiger partial charge in [-0.2, -0.15) is 0 Å². The van der Waals surface area contributed by atoms with Gasteiger partial charge in [0.1, 0.15) is 0 Å². The molecule has 5 nitrogen and oxygen atoms in total. The molecule has 6 atom stereocenters. The maximum absolute atomic E-state index is 6.42. The second-order valence-electron chi connectivity index (χ2n) is 22.2. The molecule has 0 spiro atoms. The third-order valence-corrected chi connectivity index (χ3v) is 16.3. The number of unbranched alkanes of at least 4 members (excludes halogenated alkanes) is 12. The first-order chi connectivity index (χ1) is 31.2. The summed E-state index contributed by atoms with van der Waals surface area (Å²) in [5.74, 6) is 4.04. The van der Waals surface area contributed by atoms with Crippen LogP contribution >= 0.6 is 0 Å². The minimum Gasteiger partial charge on any atom is -0.381 e. The Balaban J connectivity index is 1.20. The predicted molar refractivity (Wildman–Crippen MR) is 275 cm³/mol. The van der Waals surface area contributed by atoms with E-state index < -0.39 is 0 Å². The summed E-state index contributed by atoms with van der Waals surface area (Å²) in [4.78, 5) is 0. The van der Waals surface area contributed by atoms with Gasteiger partial charge in [0.15, 0.2) is 0 Å². The van der Waals surface area contributed by atoms with Gasteiger partial charge in [-0.15, -0.1) is 0 Å². The van der Waals surface area contributed by atoms with Gasteiger partial charge in [-0.1, -0.05) is 149 Å². The highest BCUT2D eigenvalue weighted by atomic mass is 16.5. The summed E-state index contributed by atoms with van der Waals surface area (Å²) in [5, 5.41) is 0. The Bertz CT molecular complexity index is 1140. The molecule has 64 heavy (non-hydrogen) atoms. The molecule has 1 aliphatic heterocycles. The van der Waals surface area contributed by atoms with Crippen LogP contribution in [0.2, 0.25) is 0 Å². The topological polar surface area (TPSA) is 46.2 Å². The maximum Gasteiger partial charge on any atom is 0.0811 e. The molecule has 1 unspecified atom stereocenters. The summed E-state index contributed by atoms with van der Waals surface area (Å²) in [6.07, 6.45) is 48.9. The number of fused-ring (bicyclic) bond motifs is 1. The van der Waals surface area contributed by atoms with Crippen molar-refractivity contribution in [1.82, 2.24) is 0 Å². The third kappa shape index (κ3) is 25.1. The predicted octanol–water partition coefficient (Wildman–Crippen LogP) is 17.1. The molecule has 1 radical (unpaired) electrons. The molecule has 1 saturated heterocycles. The molecular weight excluding hydrogens is 789 g/mol. The normalized spacial score (nSPS) is 25.5. The molecule has 0 aromatic carbocycles. The van der Waals surface area contributed by atoms with Gasteiger partial charge in [-0.3, -0.25) is 0 Å². The van der Waals surface area contributed by atoms with E-state index in [-0.39, 0.29) is 11.5 Å². The molecule has 2 fully saturated rings. The first-order valence-electron chi connectivity index (χ1n) is 28.3. The zero-order valence-electron chi connectivity index (χ0n) is 43.9. The zero-order valence-corrected chi connectivity index (χ0v) is 43.9. The van der Waals surface area contributed by atoms with Crippen LogP contribution in [0.5, 0.6) is 0 Å². The lowest BCUT2D eigenvalue weighted by molar-refractivity contribution is -0.0440. The van der Waals surface area contributed by atoms with E-state index in [0.717, 1.165) is 128 Å². The monoisotopic (exact) mass is 898 g/mol. The van der Waals surface area contributed by atoms with Crippen molar-refractivity contribution in [3.63, 3.8) is 0 Å². The fourth-order valence-corrected chi connectivity index (χ4v) is 11.7. The van der Waals surface area contributed by atoms with Crippen LogP contribution in [0.3, 0.4) is 0 Å². The standard InChI is InChI=1S/C59H109O5/c1-8-9-10-11-12-13-14-15-16-17-18-19-20-21-22-23-41-63-50-56(49-54-36-47-62-48-37-54)64-46-29-45-61-44-28-43-60-42-27-39-58(6)38-26-40-59(7)55(33-25-32-53(58)5)34-35-57(59)52(4)31-24-30-51(2)3/h15-16,32-33,51-52,54-57H,8-14,17-31,34-50H2,1-7H3/b16-15-,53-32-/t52-,55-,56?,57-,58+,59+/m1/s1. The highest BCUT2D eigenvalue weighted by Gasteiger charge is 2.47. The van der Waals surface area contributed by atoms with Gasteiger partial charge in [0, 0.05) is 52.9 Å². The average Bonchev–Trinajstić information content (AvgIpc) is 3.61. The zero-order chi connectivity index (χ0) is 46.0. The van der Waals surface area contributed by atoms with Crippen LogP contribution in [0.25, 0.3) is 0 Å². The smallest absolute Gasteiger partial charge is 0.0811 e. The Labute approximate surface area is 399 Å². The van der Waals surface area contributed by atoms with Crippen molar-refractivity contribution < 1.29 is 23.7 Å². The molecule has 1 heterocycles. The van der Waals surface area contributed by atoms with E-state index in [2.05, 4.69) is 73.1 Å². The van der Waals surface area contributed by atoms with E-state index in [1.165, 1.54) is 141 Å². The molecule has 0 aromatic heterocycles. The van der Waals surface area contributed by atoms with Crippen LogP contribution in [-0.2, 0) is 23.7 Å². The van der Waals surface area contributed by atoms with Crippen molar-refractivity contribution in [2.75, 3.05) is 59.5 Å². The van der Waals surface area contributed by atoms with Crippen LogP contribution in [0.4, 0.5) is 0 Å². The Hall–Kier alpha value is -0.720. The summed E-state index contributed by atoms with van der Waals surface area (Å²) < 4.78 is 30.4. The number of allylic oxidation sites excluding steroid dienone is 4. The van der Waals surface area contributed by atoms with Gasteiger partial charge >= 0.3 is 0 Å². The molecule has 2 aliphatic carbocycles. The fraction of sp³-hybridized carbons (Fsp3) is 0.915. The van der Waals surface area contributed by atoms with Crippen molar-refractivity contribution in [3.8, 4) is 0 Å². The Morgan fingerprint density at radius 2 is 1.30 bits per heavy atom. The second kappa shape index (κ2) is 36.3. The summed E-state index contributed by atoms with van der Waals surface area (Å²) in [6.45, 7) is 24.5. The van der Waals surface area contributed by atoms with Crippen LogP contribution in [0.1, 0.15) is 241 Å². The fourth-order valence-electron chi connectivity index (χ4n) is 11.7.